The Bertz CT molecular complexity index is 251. The number of carbonyl (C=O) groups excluding carboxylic acids is 1. The fourth-order valence-corrected chi connectivity index (χ4v) is 2.10. The van der Waals surface area contributed by atoms with E-state index in [0.717, 1.165) is 52.1 Å². The molecule has 0 aromatic carbocycles. The van der Waals surface area contributed by atoms with Crippen molar-refractivity contribution in [1.82, 2.24) is 10.2 Å². The predicted molar refractivity (Wildman–Crippen MR) is 62.0 cm³/mol. The molecule has 4 nitrogen and oxygen atoms in total. The van der Waals surface area contributed by atoms with Gasteiger partial charge in [-0.3, -0.25) is 10.1 Å². The number of hydrogen-bond acceptors (Lipinski definition) is 3. The highest BCUT2D eigenvalue weighted by atomic mass is 16.5. The number of hydrogen-bond donors (Lipinski definition) is 1. The van der Waals surface area contributed by atoms with Gasteiger partial charge in [0.1, 0.15) is 0 Å². The number of ether oxygens (including phenoxy) is 1. The molecule has 1 aliphatic carbocycles. The van der Waals surface area contributed by atoms with Crippen LogP contribution in [0.25, 0.3) is 0 Å². The molecule has 1 saturated carbocycles. The molecule has 0 aromatic rings. The molecular weight excluding hydrogens is 204 g/mol. The molecule has 0 aromatic heterocycles. The van der Waals surface area contributed by atoms with Crippen LogP contribution in [0.3, 0.4) is 0 Å². The first-order valence-corrected chi connectivity index (χ1v) is 6.41. The summed E-state index contributed by atoms with van der Waals surface area (Å²) in [5.41, 5.74) is -0.136. The molecule has 0 bridgehead atoms. The normalized spacial score (nSPS) is 22.1. The number of nitrogens with zero attached hydrogens (tertiary/aromatic N) is 1. The number of nitrogens with one attached hydrogen (secondary N) is 1. The molecule has 2 aliphatic rings. The highest BCUT2D eigenvalue weighted by Crippen LogP contribution is 2.39. The second-order valence-corrected chi connectivity index (χ2v) is 4.81. The first-order valence-electron chi connectivity index (χ1n) is 6.41. The lowest BCUT2D eigenvalue weighted by Crippen LogP contribution is -2.33. The van der Waals surface area contributed by atoms with Crippen molar-refractivity contribution in [3.05, 3.63) is 0 Å². The van der Waals surface area contributed by atoms with E-state index in [9.17, 15) is 4.79 Å². The molecule has 0 atom stereocenters. The first kappa shape index (κ1) is 11.9. The van der Waals surface area contributed by atoms with Crippen molar-refractivity contribution < 1.29 is 9.53 Å². The summed E-state index contributed by atoms with van der Waals surface area (Å²) in [6.45, 7) is 5.35. The van der Waals surface area contributed by atoms with Crippen molar-refractivity contribution in [1.29, 1.82) is 0 Å². The second-order valence-electron chi connectivity index (χ2n) is 4.81. The molecule has 2 rings (SSSR count). The van der Waals surface area contributed by atoms with E-state index in [1.54, 1.807) is 0 Å². The van der Waals surface area contributed by atoms with Crippen molar-refractivity contribution in [2.24, 2.45) is 0 Å². The lowest BCUT2D eigenvalue weighted by molar-refractivity contribution is -0.129. The third-order valence-electron chi connectivity index (χ3n) is 3.41. The average molecular weight is 226 g/mol. The van der Waals surface area contributed by atoms with E-state index in [0.29, 0.717) is 5.91 Å². The third kappa shape index (κ3) is 2.55. The van der Waals surface area contributed by atoms with E-state index >= 15 is 0 Å². The minimum atomic E-state index is -0.136. The van der Waals surface area contributed by atoms with Crippen molar-refractivity contribution in [3.8, 4) is 0 Å². The van der Waals surface area contributed by atoms with E-state index in [2.05, 4.69) is 12.2 Å². The average Bonchev–Trinajstić information content (AvgIpc) is 3.01. The van der Waals surface area contributed by atoms with E-state index in [1.807, 2.05) is 4.90 Å². The van der Waals surface area contributed by atoms with Crippen LogP contribution in [0.5, 0.6) is 0 Å². The van der Waals surface area contributed by atoms with Gasteiger partial charge in [0, 0.05) is 19.8 Å². The Labute approximate surface area is 97.3 Å². The van der Waals surface area contributed by atoms with Gasteiger partial charge in [0.2, 0.25) is 5.91 Å². The van der Waals surface area contributed by atoms with Gasteiger partial charge in [0.05, 0.1) is 12.2 Å². The summed E-state index contributed by atoms with van der Waals surface area (Å²) in [5, 5.41) is 3.30. The summed E-state index contributed by atoms with van der Waals surface area (Å²) < 4.78 is 5.48. The molecule has 4 heteroatoms. The molecule has 1 heterocycles. The third-order valence-corrected chi connectivity index (χ3v) is 3.41. The van der Waals surface area contributed by atoms with Crippen LogP contribution in [0.15, 0.2) is 0 Å². The van der Waals surface area contributed by atoms with Gasteiger partial charge in [-0.05, 0) is 25.7 Å². The van der Waals surface area contributed by atoms with Crippen LogP contribution in [0, 0.1) is 0 Å². The Morgan fingerprint density at radius 1 is 1.38 bits per heavy atom. The van der Waals surface area contributed by atoms with E-state index in [1.165, 1.54) is 6.42 Å². The molecule has 1 aliphatic heterocycles. The first-order chi connectivity index (χ1) is 7.78. The zero-order valence-corrected chi connectivity index (χ0v) is 10.1. The second kappa shape index (κ2) is 5.15. The lowest BCUT2D eigenvalue weighted by Gasteiger charge is -2.14. The van der Waals surface area contributed by atoms with Gasteiger partial charge in [-0.15, -0.1) is 0 Å². The van der Waals surface area contributed by atoms with Crippen LogP contribution in [0.1, 0.15) is 39.0 Å². The van der Waals surface area contributed by atoms with Gasteiger partial charge in [-0.2, -0.15) is 0 Å². The molecular formula is C12H22N2O2. The Morgan fingerprint density at radius 2 is 2.12 bits per heavy atom. The summed E-state index contributed by atoms with van der Waals surface area (Å²) in [4.78, 5) is 13.8. The zero-order valence-electron chi connectivity index (χ0n) is 10.1. The highest BCUT2D eigenvalue weighted by molar-refractivity contribution is 5.91. The summed E-state index contributed by atoms with van der Waals surface area (Å²) in [6, 6.07) is 0. The van der Waals surface area contributed by atoms with Gasteiger partial charge in [-0.1, -0.05) is 13.3 Å². The molecule has 92 valence electrons. The largest absolute Gasteiger partial charge is 0.381 e. The van der Waals surface area contributed by atoms with Crippen LogP contribution in [-0.4, -0.2) is 42.8 Å². The Morgan fingerprint density at radius 3 is 2.75 bits per heavy atom. The van der Waals surface area contributed by atoms with Crippen LogP contribution >= 0.6 is 0 Å². The number of amides is 1. The summed E-state index contributed by atoms with van der Waals surface area (Å²) in [6.07, 6.45) is 5.31. The van der Waals surface area contributed by atoms with Crippen LogP contribution in [0.4, 0.5) is 0 Å². The van der Waals surface area contributed by atoms with Crippen molar-refractivity contribution in [2.75, 3.05) is 26.4 Å². The predicted octanol–water partition coefficient (Wildman–Crippen LogP) is 1.12. The monoisotopic (exact) mass is 226 g/mol. The molecule has 1 amide bonds. The molecule has 1 N–H and O–H groups in total. The smallest absolute Gasteiger partial charge is 0.243 e. The maximum atomic E-state index is 11.9. The molecule has 0 radical (unpaired) electrons. The quantitative estimate of drug-likeness (QED) is 0.661. The molecule has 16 heavy (non-hydrogen) atoms. The van der Waals surface area contributed by atoms with Crippen molar-refractivity contribution >= 4 is 5.91 Å². The van der Waals surface area contributed by atoms with Gasteiger partial charge in [0.25, 0.3) is 0 Å². The van der Waals surface area contributed by atoms with Crippen molar-refractivity contribution in [3.63, 3.8) is 0 Å². The molecule has 1 saturated heterocycles. The summed E-state index contributed by atoms with van der Waals surface area (Å²) in [7, 11) is 0. The van der Waals surface area contributed by atoms with Gasteiger partial charge in [0.15, 0.2) is 0 Å². The van der Waals surface area contributed by atoms with Gasteiger partial charge >= 0.3 is 0 Å². The molecule has 1 spiro atoms. The molecule has 0 unspecified atom stereocenters. The number of unbranched alkanes of at least 4 members (excludes halogenated alkanes) is 1. The van der Waals surface area contributed by atoms with E-state index in [4.69, 9.17) is 4.74 Å². The topological polar surface area (TPSA) is 41.6 Å². The van der Waals surface area contributed by atoms with Gasteiger partial charge in [-0.25, -0.2) is 0 Å². The minimum absolute atomic E-state index is 0.136. The highest BCUT2D eigenvalue weighted by Gasteiger charge is 2.55. The Hall–Kier alpha value is -0.610. The van der Waals surface area contributed by atoms with E-state index < -0.39 is 0 Å². The number of carbonyl (C=O) groups is 1. The fourth-order valence-electron chi connectivity index (χ4n) is 2.10. The molecule has 2 fully saturated rings. The Balaban J connectivity index is 1.55. The van der Waals surface area contributed by atoms with Gasteiger partial charge < -0.3 is 9.64 Å². The van der Waals surface area contributed by atoms with Crippen LogP contribution in [-0.2, 0) is 9.53 Å². The standard InChI is InChI=1S/C12H22N2O2/c1-2-3-8-16-9-4-7-14-10-13-12(5-6-12)11(14)15/h13H,2-10H2,1H3. The van der Waals surface area contributed by atoms with Crippen LogP contribution < -0.4 is 5.32 Å². The van der Waals surface area contributed by atoms with E-state index in [-0.39, 0.29) is 5.54 Å². The number of rotatable bonds is 7. The van der Waals surface area contributed by atoms with Crippen LogP contribution in [0.2, 0.25) is 0 Å². The lowest BCUT2D eigenvalue weighted by atomic mass is 10.2. The summed E-state index contributed by atoms with van der Waals surface area (Å²) >= 11 is 0. The minimum Gasteiger partial charge on any atom is -0.381 e. The summed E-state index contributed by atoms with van der Waals surface area (Å²) in [5.74, 6) is 0.307. The maximum Gasteiger partial charge on any atom is 0.243 e. The fraction of sp³-hybridized carbons (Fsp3) is 0.917. The maximum absolute atomic E-state index is 11.9. The SMILES string of the molecule is CCCCOCCCN1CNC2(CC2)C1=O. The van der Waals surface area contributed by atoms with Crippen molar-refractivity contribution in [2.45, 2.75) is 44.6 Å². The Kier molecular flexibility index (Phi) is 3.82. The zero-order chi connectivity index (χ0) is 11.4.